The van der Waals surface area contributed by atoms with Gasteiger partial charge in [0.25, 0.3) is 5.91 Å². The average Bonchev–Trinajstić information content (AvgIpc) is 3.33. The van der Waals surface area contributed by atoms with E-state index in [4.69, 9.17) is 5.73 Å². The van der Waals surface area contributed by atoms with Gasteiger partial charge in [0, 0.05) is 5.56 Å². The molecule has 152 valence electrons. The molecule has 12 heteroatoms. The van der Waals surface area contributed by atoms with Crippen LogP contribution >= 0.6 is 0 Å². The number of halogens is 1. The molecule has 0 unspecified atom stereocenters. The summed E-state index contributed by atoms with van der Waals surface area (Å²) in [6, 6.07) is 6.07. The summed E-state index contributed by atoms with van der Waals surface area (Å²) in [6.45, 7) is 6.13. The minimum Gasteiger partial charge on any atom is -0.378 e. The van der Waals surface area contributed by atoms with E-state index in [-0.39, 0.29) is 22.9 Å². The van der Waals surface area contributed by atoms with E-state index < -0.39 is 11.7 Å². The van der Waals surface area contributed by atoms with Gasteiger partial charge in [-0.1, -0.05) is 23.4 Å². The number of carbonyl (C=O) groups excluding carboxylic acids is 1. The second-order valence-electron chi connectivity index (χ2n) is 6.12. The van der Waals surface area contributed by atoms with Gasteiger partial charge in [0.15, 0.2) is 5.69 Å². The van der Waals surface area contributed by atoms with E-state index in [1.54, 1.807) is 12.1 Å². The summed E-state index contributed by atoms with van der Waals surface area (Å²) in [5.41, 5.74) is 8.88. The minimum atomic E-state index is -0.597. The van der Waals surface area contributed by atoms with Gasteiger partial charge < -0.3 is 10.6 Å². The number of hydrogen-bond donors (Lipinski definition) is 3. The van der Waals surface area contributed by atoms with E-state index in [9.17, 15) is 9.18 Å². The molecular weight excluding hydrogens is 381 g/mol. The maximum Gasteiger partial charge on any atom is 0.294 e. The molecule has 3 aromatic rings. The Balaban J connectivity index is 1.87. The Bertz CT molecular complexity index is 1010. The topological polar surface area (TPSA) is 142 Å². The lowest BCUT2D eigenvalue weighted by atomic mass is 10.2. The third kappa shape index (κ3) is 4.43. The Hall–Kier alpha value is -3.67. The number of carbonyl (C=O) groups is 1. The summed E-state index contributed by atoms with van der Waals surface area (Å²) < 4.78 is 19.6. The predicted octanol–water partition coefficient (Wildman–Crippen LogP) is -0.440. The number of benzene rings is 1. The van der Waals surface area contributed by atoms with Gasteiger partial charge in [-0.25, -0.2) is 14.4 Å². The summed E-state index contributed by atoms with van der Waals surface area (Å²) in [5.74, 6) is -0.875. The standard InChI is InChI=1S/C17H20FN9O2/c1-3-26(4-2)10-13-14(21-25-27(13)16-15(19)23-29-24-16)17(28)22-20-9-11-7-5-6-8-12(11)18/h5-9H,3-4,10H2,1-2H3,(H2,19,23)(H,22,28)/p+1/b20-9-. The summed E-state index contributed by atoms with van der Waals surface area (Å²) >= 11 is 0. The first kappa shape index (κ1) is 20.1. The van der Waals surface area contributed by atoms with Crippen LogP contribution in [-0.4, -0.2) is 50.5 Å². The highest BCUT2D eigenvalue weighted by atomic mass is 19.1. The van der Waals surface area contributed by atoms with E-state index in [0.717, 1.165) is 13.1 Å². The monoisotopic (exact) mass is 402 g/mol. The van der Waals surface area contributed by atoms with Crippen LogP contribution in [0.2, 0.25) is 0 Å². The molecule has 2 aromatic heterocycles. The molecule has 0 radical (unpaired) electrons. The molecule has 0 saturated heterocycles. The quantitative estimate of drug-likeness (QED) is 0.342. The van der Waals surface area contributed by atoms with Crippen molar-refractivity contribution in [3.63, 3.8) is 0 Å². The molecule has 0 bridgehead atoms. The lowest BCUT2D eigenvalue weighted by molar-refractivity contribution is -0.910. The van der Waals surface area contributed by atoms with Gasteiger partial charge in [-0.15, -0.1) is 5.10 Å². The van der Waals surface area contributed by atoms with Crippen LogP contribution in [0.15, 0.2) is 34.0 Å². The third-order valence-corrected chi connectivity index (χ3v) is 4.37. The molecule has 2 heterocycles. The molecule has 11 nitrogen and oxygen atoms in total. The molecule has 1 amide bonds. The largest absolute Gasteiger partial charge is 0.378 e. The Labute approximate surface area is 165 Å². The molecule has 0 saturated carbocycles. The average molecular weight is 402 g/mol. The van der Waals surface area contributed by atoms with Crippen molar-refractivity contribution in [2.45, 2.75) is 20.4 Å². The number of nitrogens with one attached hydrogen (secondary N) is 2. The number of quaternary nitrogens is 1. The van der Waals surface area contributed by atoms with E-state index in [0.29, 0.717) is 12.2 Å². The van der Waals surface area contributed by atoms with Crippen LogP contribution in [0.3, 0.4) is 0 Å². The first-order chi connectivity index (χ1) is 14.0. The molecule has 0 atom stereocenters. The first-order valence-corrected chi connectivity index (χ1v) is 8.99. The first-order valence-electron chi connectivity index (χ1n) is 8.99. The van der Waals surface area contributed by atoms with Crippen LogP contribution in [0.5, 0.6) is 0 Å². The number of hydrazone groups is 1. The van der Waals surface area contributed by atoms with Crippen molar-refractivity contribution in [3.05, 3.63) is 47.0 Å². The fourth-order valence-corrected chi connectivity index (χ4v) is 2.67. The Morgan fingerprint density at radius 3 is 2.76 bits per heavy atom. The van der Waals surface area contributed by atoms with Gasteiger partial charge in [-0.3, -0.25) is 4.79 Å². The Kier molecular flexibility index (Phi) is 6.24. The smallest absolute Gasteiger partial charge is 0.294 e. The number of anilines is 1. The van der Waals surface area contributed by atoms with Crippen molar-refractivity contribution >= 4 is 17.9 Å². The maximum absolute atomic E-state index is 13.7. The lowest BCUT2D eigenvalue weighted by Crippen LogP contribution is -3.10. The van der Waals surface area contributed by atoms with Gasteiger partial charge in [-0.2, -0.15) is 9.78 Å². The van der Waals surface area contributed by atoms with Crippen LogP contribution in [0.25, 0.3) is 5.82 Å². The van der Waals surface area contributed by atoms with Crippen molar-refractivity contribution in [3.8, 4) is 5.82 Å². The summed E-state index contributed by atoms with van der Waals surface area (Å²) in [5, 5.41) is 19.0. The Morgan fingerprint density at radius 1 is 1.34 bits per heavy atom. The predicted molar refractivity (Wildman–Crippen MR) is 101 cm³/mol. The highest BCUT2D eigenvalue weighted by Crippen LogP contribution is 2.15. The van der Waals surface area contributed by atoms with E-state index in [2.05, 4.69) is 35.8 Å². The zero-order valence-electron chi connectivity index (χ0n) is 16.0. The number of aromatic nitrogens is 5. The Morgan fingerprint density at radius 2 is 2.10 bits per heavy atom. The molecule has 0 spiro atoms. The fraction of sp³-hybridized carbons (Fsp3) is 0.294. The summed E-state index contributed by atoms with van der Waals surface area (Å²) in [4.78, 5) is 13.8. The number of amides is 1. The van der Waals surface area contributed by atoms with Crippen molar-refractivity contribution in [2.24, 2.45) is 5.10 Å². The zero-order valence-corrected chi connectivity index (χ0v) is 16.0. The summed E-state index contributed by atoms with van der Waals surface area (Å²) in [6.07, 6.45) is 1.21. The van der Waals surface area contributed by atoms with Crippen molar-refractivity contribution in [1.82, 2.24) is 30.7 Å². The second kappa shape index (κ2) is 9.01. The van der Waals surface area contributed by atoms with Gasteiger partial charge in [-0.05, 0) is 30.2 Å². The fourth-order valence-electron chi connectivity index (χ4n) is 2.67. The van der Waals surface area contributed by atoms with E-state index >= 15 is 0 Å². The molecule has 4 N–H and O–H groups in total. The normalized spacial score (nSPS) is 11.4. The van der Waals surface area contributed by atoms with Crippen LogP contribution < -0.4 is 16.1 Å². The number of hydrogen-bond acceptors (Lipinski definition) is 8. The van der Waals surface area contributed by atoms with Gasteiger partial charge >= 0.3 is 0 Å². The highest BCUT2D eigenvalue weighted by molar-refractivity contribution is 5.94. The minimum absolute atomic E-state index is 0.0234. The van der Waals surface area contributed by atoms with Crippen LogP contribution in [-0.2, 0) is 6.54 Å². The van der Waals surface area contributed by atoms with Gasteiger partial charge in [0.05, 0.1) is 19.3 Å². The number of nitrogens with zero attached hydrogens (tertiary/aromatic N) is 6. The lowest BCUT2D eigenvalue weighted by Gasteiger charge is -2.15. The molecule has 3 rings (SSSR count). The van der Waals surface area contributed by atoms with Crippen LogP contribution in [0, 0.1) is 5.82 Å². The molecule has 0 aliphatic heterocycles. The molecule has 0 fully saturated rings. The maximum atomic E-state index is 13.7. The molecule has 0 aliphatic rings. The van der Waals surface area contributed by atoms with Gasteiger partial charge in [0.1, 0.15) is 18.1 Å². The molecule has 0 aliphatic carbocycles. The van der Waals surface area contributed by atoms with Crippen molar-refractivity contribution in [2.75, 3.05) is 18.8 Å². The molecule has 29 heavy (non-hydrogen) atoms. The molecular formula is C17H21FN9O2+. The second-order valence-corrected chi connectivity index (χ2v) is 6.12. The van der Waals surface area contributed by atoms with Crippen molar-refractivity contribution in [1.29, 1.82) is 0 Å². The van der Waals surface area contributed by atoms with Crippen LogP contribution in [0.1, 0.15) is 35.6 Å². The van der Waals surface area contributed by atoms with Crippen LogP contribution in [0.4, 0.5) is 10.2 Å². The highest BCUT2D eigenvalue weighted by Gasteiger charge is 2.26. The zero-order chi connectivity index (χ0) is 20.8. The SMILES string of the molecule is CC[NH+](CC)Cc1c(C(=O)N/N=C\c2ccccc2F)nnn1-c1nonc1N. The summed E-state index contributed by atoms with van der Waals surface area (Å²) in [7, 11) is 0. The van der Waals surface area contributed by atoms with Gasteiger partial charge in [0.2, 0.25) is 11.6 Å². The number of nitrogen functional groups attached to an aromatic ring is 1. The van der Waals surface area contributed by atoms with Crippen molar-refractivity contribution < 1.29 is 18.7 Å². The third-order valence-electron chi connectivity index (χ3n) is 4.37. The number of rotatable bonds is 8. The number of nitrogens with two attached hydrogens (primary N) is 1. The van der Waals surface area contributed by atoms with E-state index in [1.807, 2.05) is 13.8 Å². The molecule has 1 aromatic carbocycles. The van der Waals surface area contributed by atoms with E-state index in [1.165, 1.54) is 27.9 Å².